The van der Waals surface area contributed by atoms with Crippen molar-refractivity contribution in [2.45, 2.75) is 13.5 Å². The Kier molecular flexibility index (Phi) is 4.93. The van der Waals surface area contributed by atoms with Crippen LogP contribution in [0.5, 0.6) is 5.75 Å². The maximum Gasteiger partial charge on any atom is 0.257 e. The number of amides is 1. The first-order chi connectivity index (χ1) is 13.2. The summed E-state index contributed by atoms with van der Waals surface area (Å²) in [6.45, 7) is 1.93. The number of furan rings is 1. The lowest BCUT2D eigenvalue weighted by Gasteiger charge is -2.22. The Bertz CT molecular complexity index is 1110. The largest absolute Gasteiger partial charge is 0.505 e. The summed E-state index contributed by atoms with van der Waals surface area (Å²) in [4.78, 5) is 37.5. The summed E-state index contributed by atoms with van der Waals surface area (Å²) in [5.74, 6) is 5.75. The van der Waals surface area contributed by atoms with Gasteiger partial charge in [0, 0.05) is 14.1 Å². The summed E-state index contributed by atoms with van der Waals surface area (Å²) >= 11 is 0. The molecule has 0 bridgehead atoms. The van der Waals surface area contributed by atoms with Gasteiger partial charge in [0.15, 0.2) is 5.75 Å². The molecule has 1 aromatic heterocycles. The van der Waals surface area contributed by atoms with E-state index in [0.29, 0.717) is 5.76 Å². The number of phenols is 1. The van der Waals surface area contributed by atoms with Gasteiger partial charge in [-0.15, -0.1) is 0 Å². The van der Waals surface area contributed by atoms with Crippen molar-refractivity contribution in [3.63, 3.8) is 0 Å². The first kappa shape index (κ1) is 19.2. The summed E-state index contributed by atoms with van der Waals surface area (Å²) < 4.78 is 5.31. The van der Waals surface area contributed by atoms with E-state index in [-0.39, 0.29) is 34.9 Å². The van der Waals surface area contributed by atoms with Gasteiger partial charge in [-0.1, -0.05) is 6.07 Å². The number of rotatable bonds is 6. The molecule has 0 aliphatic rings. The Morgan fingerprint density at radius 2 is 1.96 bits per heavy atom. The Morgan fingerprint density at radius 3 is 2.57 bits per heavy atom. The van der Waals surface area contributed by atoms with Gasteiger partial charge in [-0.25, -0.2) is 5.84 Å². The third-order valence-corrected chi connectivity index (χ3v) is 4.22. The van der Waals surface area contributed by atoms with E-state index in [1.165, 1.54) is 17.0 Å². The number of nitrogens with zero attached hydrogens (tertiary/aromatic N) is 2. The van der Waals surface area contributed by atoms with E-state index in [1.54, 1.807) is 32.5 Å². The number of hydrazine groups is 1. The highest BCUT2D eigenvalue weighted by Gasteiger charge is 2.27. The molecule has 1 amide bonds. The lowest BCUT2D eigenvalue weighted by molar-refractivity contribution is 0.0824. The third-order valence-electron chi connectivity index (χ3n) is 4.22. The Labute approximate surface area is 160 Å². The topological polar surface area (TPSA) is 129 Å². The van der Waals surface area contributed by atoms with Crippen LogP contribution in [0, 0.1) is 6.92 Å². The summed E-state index contributed by atoms with van der Waals surface area (Å²) in [5.41, 5.74) is -0.505. The van der Waals surface area contributed by atoms with E-state index in [4.69, 9.17) is 10.3 Å². The van der Waals surface area contributed by atoms with Gasteiger partial charge in [-0.05, 0) is 30.7 Å². The SMILES string of the molecule is Cc1coc(CN(N)c2c(Nc3cccc(C(=O)N(C)C)c3O)c(=O)c2=O)c1. The highest BCUT2D eigenvalue weighted by atomic mass is 16.3. The van der Waals surface area contributed by atoms with Gasteiger partial charge in [0.25, 0.3) is 16.8 Å². The number of hydrogen-bond donors (Lipinski definition) is 3. The number of carbonyl (C=O) groups is 1. The van der Waals surface area contributed by atoms with Gasteiger partial charge in [-0.3, -0.25) is 19.4 Å². The zero-order valence-electron chi connectivity index (χ0n) is 15.6. The number of para-hydroxylation sites is 1. The van der Waals surface area contributed by atoms with Crippen molar-refractivity contribution in [3.05, 3.63) is 67.9 Å². The molecular weight excluding hydrogens is 364 g/mol. The van der Waals surface area contributed by atoms with Gasteiger partial charge in [0.1, 0.15) is 17.1 Å². The fourth-order valence-corrected chi connectivity index (χ4v) is 2.78. The number of hydrogen-bond acceptors (Lipinski definition) is 8. The first-order valence-corrected chi connectivity index (χ1v) is 8.41. The molecule has 9 heteroatoms. The summed E-state index contributed by atoms with van der Waals surface area (Å²) in [7, 11) is 3.11. The molecule has 0 saturated heterocycles. The highest BCUT2D eigenvalue weighted by Crippen LogP contribution is 2.32. The molecule has 1 heterocycles. The molecule has 2 aromatic carbocycles. The molecule has 0 saturated carbocycles. The van der Waals surface area contributed by atoms with Crippen LogP contribution in [0.25, 0.3) is 0 Å². The number of anilines is 3. The molecule has 4 N–H and O–H groups in total. The second-order valence-corrected chi connectivity index (χ2v) is 6.63. The Morgan fingerprint density at radius 1 is 1.25 bits per heavy atom. The third kappa shape index (κ3) is 3.35. The van der Waals surface area contributed by atoms with Crippen LogP contribution in [-0.4, -0.2) is 30.0 Å². The number of aromatic hydroxyl groups is 1. The van der Waals surface area contributed by atoms with Crippen molar-refractivity contribution >= 4 is 23.0 Å². The van der Waals surface area contributed by atoms with E-state index < -0.39 is 16.8 Å². The molecule has 9 nitrogen and oxygen atoms in total. The number of benzene rings is 1. The van der Waals surface area contributed by atoms with Gasteiger partial charge < -0.3 is 19.7 Å². The zero-order valence-corrected chi connectivity index (χ0v) is 15.6. The lowest BCUT2D eigenvalue weighted by atomic mass is 10.1. The fraction of sp³-hybridized carbons (Fsp3) is 0.211. The first-order valence-electron chi connectivity index (χ1n) is 8.41. The summed E-state index contributed by atoms with van der Waals surface area (Å²) in [6, 6.07) is 6.26. The van der Waals surface area contributed by atoms with Crippen LogP contribution < -0.4 is 27.0 Å². The van der Waals surface area contributed by atoms with Gasteiger partial charge in [-0.2, -0.15) is 0 Å². The molecule has 0 atom stereocenters. The van der Waals surface area contributed by atoms with Crippen molar-refractivity contribution in [1.82, 2.24) is 4.90 Å². The molecule has 3 aromatic rings. The van der Waals surface area contributed by atoms with Crippen molar-refractivity contribution < 1.29 is 14.3 Å². The monoisotopic (exact) mass is 384 g/mol. The van der Waals surface area contributed by atoms with Crippen molar-refractivity contribution in [2.75, 3.05) is 24.4 Å². The molecular formula is C19H20N4O5. The van der Waals surface area contributed by atoms with Gasteiger partial charge >= 0.3 is 0 Å². The number of nitrogens with one attached hydrogen (secondary N) is 1. The van der Waals surface area contributed by atoms with Gasteiger partial charge in [0.05, 0.1) is 24.1 Å². The minimum atomic E-state index is -0.759. The van der Waals surface area contributed by atoms with E-state index in [2.05, 4.69) is 5.32 Å². The van der Waals surface area contributed by atoms with Crippen LogP contribution in [-0.2, 0) is 6.54 Å². The zero-order chi connectivity index (χ0) is 20.6. The van der Waals surface area contributed by atoms with Crippen molar-refractivity contribution in [2.24, 2.45) is 5.84 Å². The molecule has 146 valence electrons. The van der Waals surface area contributed by atoms with Crippen LogP contribution >= 0.6 is 0 Å². The second kappa shape index (κ2) is 7.20. The lowest BCUT2D eigenvalue weighted by Crippen LogP contribution is -2.45. The molecule has 0 fully saturated rings. The average Bonchev–Trinajstić information content (AvgIpc) is 3.06. The van der Waals surface area contributed by atoms with Crippen molar-refractivity contribution in [3.8, 4) is 5.75 Å². The number of phenolic OH excluding ortho intramolecular Hbond substituents is 1. The number of nitrogens with two attached hydrogens (primary N) is 1. The number of carbonyl (C=O) groups excluding carboxylic acids is 1. The maximum atomic E-state index is 12.1. The van der Waals surface area contributed by atoms with E-state index in [9.17, 15) is 19.5 Å². The summed E-state index contributed by atoms with van der Waals surface area (Å²) in [6.07, 6.45) is 1.55. The minimum absolute atomic E-state index is 0.0252. The molecule has 0 radical (unpaired) electrons. The van der Waals surface area contributed by atoms with Crippen LogP contribution in [0.15, 0.2) is 44.5 Å². The minimum Gasteiger partial charge on any atom is -0.505 e. The maximum absolute atomic E-state index is 12.1. The number of aryl methyl sites for hydroxylation is 1. The van der Waals surface area contributed by atoms with Gasteiger partial charge in [0.2, 0.25) is 0 Å². The standard InChI is InChI=1S/C19H20N4O5/c1-10-7-11(28-9-10)8-23(20)15-14(17(25)18(15)26)21-13-6-4-5-12(16(13)24)19(27)22(2)3/h4-7,9,21,24H,8,20H2,1-3H3. The predicted octanol–water partition coefficient (Wildman–Crippen LogP) is 1.22. The van der Waals surface area contributed by atoms with Crippen LogP contribution in [0.4, 0.5) is 17.1 Å². The quantitative estimate of drug-likeness (QED) is 0.250. The fourth-order valence-electron chi connectivity index (χ4n) is 2.78. The molecule has 0 spiro atoms. The smallest absolute Gasteiger partial charge is 0.257 e. The molecule has 3 rings (SSSR count). The molecule has 28 heavy (non-hydrogen) atoms. The highest BCUT2D eigenvalue weighted by molar-refractivity contribution is 5.99. The Balaban J connectivity index is 1.90. The van der Waals surface area contributed by atoms with E-state index in [1.807, 2.05) is 6.92 Å². The predicted molar refractivity (Wildman–Crippen MR) is 105 cm³/mol. The second-order valence-electron chi connectivity index (χ2n) is 6.63. The Hall–Kier alpha value is -3.59. The van der Waals surface area contributed by atoms with Crippen LogP contribution in [0.3, 0.4) is 0 Å². The molecule has 0 aliphatic heterocycles. The average molecular weight is 384 g/mol. The summed E-state index contributed by atoms with van der Waals surface area (Å²) in [5, 5.41) is 14.2. The van der Waals surface area contributed by atoms with Crippen molar-refractivity contribution in [1.29, 1.82) is 0 Å². The van der Waals surface area contributed by atoms with Crippen LogP contribution in [0.2, 0.25) is 0 Å². The normalized spacial score (nSPS) is 10.9. The van der Waals surface area contributed by atoms with Crippen LogP contribution in [0.1, 0.15) is 21.7 Å². The molecule has 0 unspecified atom stereocenters. The molecule has 0 aliphatic carbocycles. The van der Waals surface area contributed by atoms with E-state index in [0.717, 1.165) is 10.6 Å². The van der Waals surface area contributed by atoms with E-state index >= 15 is 0 Å².